The van der Waals surface area contributed by atoms with E-state index in [0.717, 1.165) is 0 Å². The van der Waals surface area contributed by atoms with Crippen LogP contribution in [0, 0.1) is 6.92 Å². The highest BCUT2D eigenvalue weighted by Gasteiger charge is 2.15. The highest BCUT2D eigenvalue weighted by molar-refractivity contribution is 7.87. The number of hydrogen-bond acceptors (Lipinski definition) is 4. The molecule has 0 amide bonds. The molecular weight excluding hydrogens is 248 g/mol. The Morgan fingerprint density at radius 2 is 2.12 bits per heavy atom. The summed E-state index contributed by atoms with van der Waals surface area (Å²) >= 11 is 0. The van der Waals surface area contributed by atoms with Gasteiger partial charge in [0.05, 0.1) is 6.54 Å². The summed E-state index contributed by atoms with van der Waals surface area (Å²) in [6, 6.07) is 1.30. The van der Waals surface area contributed by atoms with E-state index in [0.29, 0.717) is 0 Å². The number of hydrogen-bond donors (Lipinski definition) is 3. The number of furan rings is 1. The van der Waals surface area contributed by atoms with Crippen molar-refractivity contribution in [2.45, 2.75) is 20.4 Å². The first-order valence-corrected chi connectivity index (χ1v) is 6.41. The van der Waals surface area contributed by atoms with Crippen molar-refractivity contribution < 1.29 is 22.7 Å². The van der Waals surface area contributed by atoms with Crippen LogP contribution in [0.4, 0.5) is 0 Å². The van der Waals surface area contributed by atoms with Gasteiger partial charge in [0.15, 0.2) is 0 Å². The number of carbonyl (C=O) groups is 1. The van der Waals surface area contributed by atoms with Crippen LogP contribution in [0.15, 0.2) is 10.5 Å². The first-order valence-electron chi connectivity index (χ1n) is 4.92. The minimum Gasteiger partial charge on any atom is -0.478 e. The van der Waals surface area contributed by atoms with Gasteiger partial charge in [0.25, 0.3) is 10.2 Å². The second kappa shape index (κ2) is 5.30. The average molecular weight is 262 g/mol. The van der Waals surface area contributed by atoms with E-state index in [-0.39, 0.29) is 30.2 Å². The molecule has 1 aromatic heterocycles. The predicted molar refractivity (Wildman–Crippen MR) is 59.8 cm³/mol. The molecule has 0 aliphatic rings. The number of rotatable bonds is 6. The van der Waals surface area contributed by atoms with E-state index in [1.165, 1.54) is 13.0 Å². The summed E-state index contributed by atoms with van der Waals surface area (Å²) in [5, 5.41) is 8.78. The smallest absolute Gasteiger partial charge is 0.339 e. The van der Waals surface area contributed by atoms with Crippen LogP contribution in [0.1, 0.15) is 28.8 Å². The first-order chi connectivity index (χ1) is 7.85. The lowest BCUT2D eigenvalue weighted by Crippen LogP contribution is -2.35. The van der Waals surface area contributed by atoms with E-state index in [2.05, 4.69) is 9.44 Å². The molecule has 0 aliphatic carbocycles. The van der Waals surface area contributed by atoms with Crippen LogP contribution in [0.2, 0.25) is 0 Å². The molecule has 0 spiro atoms. The summed E-state index contributed by atoms with van der Waals surface area (Å²) in [5.74, 6) is -0.608. The van der Waals surface area contributed by atoms with Crippen LogP contribution in [0.3, 0.4) is 0 Å². The van der Waals surface area contributed by atoms with Crippen molar-refractivity contribution in [3.63, 3.8) is 0 Å². The molecule has 0 fully saturated rings. The van der Waals surface area contributed by atoms with Crippen LogP contribution in [0.25, 0.3) is 0 Å². The van der Waals surface area contributed by atoms with Gasteiger partial charge in [-0.3, -0.25) is 0 Å². The van der Waals surface area contributed by atoms with Gasteiger partial charge in [0.2, 0.25) is 0 Å². The zero-order valence-corrected chi connectivity index (χ0v) is 10.3. The van der Waals surface area contributed by atoms with Gasteiger partial charge in [-0.2, -0.15) is 13.1 Å². The third-order valence-corrected chi connectivity index (χ3v) is 3.16. The highest BCUT2D eigenvalue weighted by Crippen LogP contribution is 2.14. The van der Waals surface area contributed by atoms with Crippen molar-refractivity contribution in [1.82, 2.24) is 9.44 Å². The fourth-order valence-corrected chi connectivity index (χ4v) is 2.06. The summed E-state index contributed by atoms with van der Waals surface area (Å²) in [5.41, 5.74) is 0.0302. The molecule has 1 aromatic rings. The molecule has 0 radical (unpaired) electrons. The lowest BCUT2D eigenvalue weighted by molar-refractivity contribution is 0.0695. The second-order valence-corrected chi connectivity index (χ2v) is 4.89. The molecular formula is C9H14N2O5S. The molecule has 96 valence electrons. The molecule has 3 N–H and O–H groups in total. The molecule has 7 nitrogen and oxygen atoms in total. The number of aromatic carboxylic acids is 1. The Balaban J connectivity index is 2.71. The molecule has 17 heavy (non-hydrogen) atoms. The van der Waals surface area contributed by atoms with Crippen LogP contribution < -0.4 is 9.44 Å². The van der Waals surface area contributed by atoms with E-state index in [1.807, 2.05) is 0 Å². The van der Waals surface area contributed by atoms with Gasteiger partial charge in [0, 0.05) is 6.54 Å². The molecule has 0 atom stereocenters. The molecule has 0 aliphatic heterocycles. The molecule has 0 aromatic carbocycles. The van der Waals surface area contributed by atoms with E-state index < -0.39 is 16.2 Å². The molecule has 0 saturated carbocycles. The highest BCUT2D eigenvalue weighted by atomic mass is 32.2. The summed E-state index contributed by atoms with van der Waals surface area (Å²) in [7, 11) is -3.56. The molecule has 0 bridgehead atoms. The minimum absolute atomic E-state index is 0.0302. The zero-order chi connectivity index (χ0) is 13.1. The maximum absolute atomic E-state index is 11.2. The minimum atomic E-state index is -3.56. The van der Waals surface area contributed by atoms with E-state index >= 15 is 0 Å². The third-order valence-electron chi connectivity index (χ3n) is 1.97. The van der Waals surface area contributed by atoms with Gasteiger partial charge in [-0.1, -0.05) is 6.92 Å². The van der Waals surface area contributed by atoms with Crippen LogP contribution in [-0.2, 0) is 16.8 Å². The molecule has 1 rings (SSSR count). The molecule has 8 heteroatoms. The number of aryl methyl sites for hydroxylation is 1. The van der Waals surface area contributed by atoms with Gasteiger partial charge in [0.1, 0.15) is 17.1 Å². The Morgan fingerprint density at radius 3 is 2.59 bits per heavy atom. The fourth-order valence-electron chi connectivity index (χ4n) is 1.25. The van der Waals surface area contributed by atoms with Gasteiger partial charge in [-0.25, -0.2) is 9.52 Å². The van der Waals surface area contributed by atoms with Crippen molar-refractivity contribution in [2.24, 2.45) is 0 Å². The van der Waals surface area contributed by atoms with Crippen LogP contribution >= 0.6 is 0 Å². The second-order valence-electron chi connectivity index (χ2n) is 3.31. The normalized spacial score (nSPS) is 11.6. The van der Waals surface area contributed by atoms with Crippen molar-refractivity contribution in [2.75, 3.05) is 6.54 Å². The quantitative estimate of drug-likeness (QED) is 0.680. The van der Waals surface area contributed by atoms with Gasteiger partial charge in [-0.05, 0) is 13.0 Å². The van der Waals surface area contributed by atoms with Gasteiger partial charge < -0.3 is 9.52 Å². The third kappa shape index (κ3) is 3.84. The Labute approximate surface area is 99.0 Å². The molecule has 1 heterocycles. The van der Waals surface area contributed by atoms with Crippen molar-refractivity contribution >= 4 is 16.2 Å². The SMILES string of the molecule is CCNS(=O)(=O)NCc1cc(C(=O)O)c(C)o1. The number of carboxylic acids is 1. The fraction of sp³-hybridized carbons (Fsp3) is 0.444. The van der Waals surface area contributed by atoms with Crippen LogP contribution in [-0.4, -0.2) is 26.0 Å². The summed E-state index contributed by atoms with van der Waals surface area (Å²) in [6.07, 6.45) is 0. The van der Waals surface area contributed by atoms with E-state index in [9.17, 15) is 13.2 Å². The topological polar surface area (TPSA) is 109 Å². The first kappa shape index (κ1) is 13.7. The van der Waals surface area contributed by atoms with E-state index in [4.69, 9.17) is 9.52 Å². The summed E-state index contributed by atoms with van der Waals surface area (Å²) in [4.78, 5) is 10.7. The summed E-state index contributed by atoms with van der Waals surface area (Å²) < 4.78 is 32.1. The average Bonchev–Trinajstić information content (AvgIpc) is 2.57. The monoisotopic (exact) mass is 262 g/mol. The lowest BCUT2D eigenvalue weighted by Gasteiger charge is -2.04. The molecule has 0 unspecified atom stereocenters. The Morgan fingerprint density at radius 1 is 1.47 bits per heavy atom. The van der Waals surface area contributed by atoms with Crippen molar-refractivity contribution in [1.29, 1.82) is 0 Å². The maximum atomic E-state index is 11.2. The largest absolute Gasteiger partial charge is 0.478 e. The Bertz CT molecular complexity index is 505. The Hall–Kier alpha value is -1.38. The summed E-state index contributed by atoms with van der Waals surface area (Å²) in [6.45, 7) is 3.33. The van der Waals surface area contributed by atoms with E-state index in [1.54, 1.807) is 6.92 Å². The zero-order valence-electron chi connectivity index (χ0n) is 9.48. The number of carboxylic acid groups (broad SMARTS) is 1. The lowest BCUT2D eigenvalue weighted by atomic mass is 10.2. The standard InChI is InChI=1S/C9H14N2O5S/c1-3-10-17(14,15)11-5-7-4-8(9(12)13)6(2)16-7/h4,10-11H,3,5H2,1-2H3,(H,12,13). The van der Waals surface area contributed by atoms with Gasteiger partial charge in [-0.15, -0.1) is 0 Å². The van der Waals surface area contributed by atoms with Crippen molar-refractivity contribution in [3.05, 3.63) is 23.2 Å². The molecule has 0 saturated heterocycles. The maximum Gasteiger partial charge on any atom is 0.339 e. The van der Waals surface area contributed by atoms with Gasteiger partial charge >= 0.3 is 5.97 Å². The van der Waals surface area contributed by atoms with Crippen LogP contribution in [0.5, 0.6) is 0 Å². The number of nitrogens with one attached hydrogen (secondary N) is 2. The predicted octanol–water partition coefficient (Wildman–Crippen LogP) is 0.230. The van der Waals surface area contributed by atoms with Crippen molar-refractivity contribution in [3.8, 4) is 0 Å². The Kier molecular flexibility index (Phi) is 4.27.